The highest BCUT2D eigenvalue weighted by Crippen LogP contribution is 2.10. The molecular weight excluding hydrogens is 176 g/mol. The summed E-state index contributed by atoms with van der Waals surface area (Å²) in [6.45, 7) is 3.33. The summed E-state index contributed by atoms with van der Waals surface area (Å²) in [6, 6.07) is 0. The molecule has 0 bridgehead atoms. The molecule has 4 nitrogen and oxygen atoms in total. The molecule has 68 valence electrons. The number of nitrogens with one attached hydrogen (secondary N) is 1. The summed E-state index contributed by atoms with van der Waals surface area (Å²) in [5, 5.41) is -0.101. The molecule has 0 atom stereocenters. The monoisotopic (exact) mass is 189 g/mol. The maximum atomic E-state index is 11.5. The van der Waals surface area contributed by atoms with Crippen LogP contribution in [0.3, 0.4) is 0 Å². The smallest absolute Gasteiger partial charge is 0.238 e. The van der Waals surface area contributed by atoms with Crippen molar-refractivity contribution in [2.75, 3.05) is 0 Å². The lowest BCUT2D eigenvalue weighted by Gasteiger charge is -2.00. The fourth-order valence-corrected chi connectivity index (χ4v) is 1.87. The molecule has 0 radical (unpaired) electrons. The van der Waals surface area contributed by atoms with Crippen LogP contribution in [-0.4, -0.2) is 18.7 Å². The number of aromatic amines is 1. The number of sulfone groups is 1. The Balaban J connectivity index is 3.15. The van der Waals surface area contributed by atoms with E-state index in [-0.39, 0.29) is 10.3 Å². The van der Waals surface area contributed by atoms with Gasteiger partial charge < -0.3 is 0 Å². The number of H-pyrrole nitrogens is 1. The molecular formula is C7H13N2O2S+. The van der Waals surface area contributed by atoms with Crippen LogP contribution in [0.15, 0.2) is 17.6 Å². The molecule has 1 heterocycles. The SMILES string of the molecule is CC(C)S(=O)(=O)c1c[n+](C)c[nH]1. The molecule has 0 aliphatic heterocycles. The van der Waals surface area contributed by atoms with Crippen LogP contribution in [0.4, 0.5) is 0 Å². The van der Waals surface area contributed by atoms with Crippen molar-refractivity contribution >= 4 is 9.84 Å². The van der Waals surface area contributed by atoms with E-state index in [2.05, 4.69) is 4.98 Å². The van der Waals surface area contributed by atoms with Crippen molar-refractivity contribution in [1.29, 1.82) is 0 Å². The van der Waals surface area contributed by atoms with E-state index in [0.717, 1.165) is 0 Å². The number of imidazole rings is 1. The minimum absolute atomic E-state index is 0.278. The lowest BCUT2D eigenvalue weighted by Crippen LogP contribution is -2.23. The molecule has 0 aliphatic rings. The minimum Gasteiger partial charge on any atom is -0.238 e. The molecule has 0 unspecified atom stereocenters. The van der Waals surface area contributed by atoms with Gasteiger partial charge in [-0.3, -0.25) is 0 Å². The molecule has 12 heavy (non-hydrogen) atoms. The Morgan fingerprint density at radius 2 is 2.08 bits per heavy atom. The molecule has 0 spiro atoms. The average molecular weight is 189 g/mol. The van der Waals surface area contributed by atoms with E-state index in [9.17, 15) is 8.42 Å². The topological polar surface area (TPSA) is 53.8 Å². The van der Waals surface area contributed by atoms with Gasteiger partial charge in [-0.05, 0) is 13.8 Å². The fourth-order valence-electron chi connectivity index (χ4n) is 0.834. The number of hydrogen-bond acceptors (Lipinski definition) is 2. The van der Waals surface area contributed by atoms with Gasteiger partial charge in [0, 0.05) is 0 Å². The second-order valence-corrected chi connectivity index (χ2v) is 5.50. The normalized spacial score (nSPS) is 12.3. The summed E-state index contributed by atoms with van der Waals surface area (Å²) in [6.07, 6.45) is 3.17. The molecule has 0 fully saturated rings. The van der Waals surface area contributed by atoms with Crippen LogP contribution >= 0.6 is 0 Å². The van der Waals surface area contributed by atoms with E-state index < -0.39 is 9.84 Å². The Labute approximate surface area is 72.2 Å². The Morgan fingerprint density at radius 3 is 2.42 bits per heavy atom. The first-order valence-electron chi connectivity index (χ1n) is 3.72. The number of aryl methyl sites for hydroxylation is 1. The van der Waals surface area contributed by atoms with Gasteiger partial charge in [0.2, 0.25) is 16.2 Å². The van der Waals surface area contributed by atoms with Gasteiger partial charge >= 0.3 is 0 Å². The number of aromatic nitrogens is 2. The molecule has 0 amide bonds. The van der Waals surface area contributed by atoms with E-state index in [4.69, 9.17) is 0 Å². The predicted octanol–water partition coefficient (Wildman–Crippen LogP) is 0.0213. The standard InChI is InChI=1S/C7H12N2O2S/c1-6(2)12(10,11)7-4-9(3)5-8-7/h4-6H,1-3H3/p+1. The van der Waals surface area contributed by atoms with Gasteiger partial charge in [0.15, 0.2) is 0 Å². The highest BCUT2D eigenvalue weighted by atomic mass is 32.2. The second-order valence-electron chi connectivity index (χ2n) is 3.03. The van der Waals surface area contributed by atoms with Crippen molar-refractivity contribution in [2.24, 2.45) is 7.05 Å². The van der Waals surface area contributed by atoms with Gasteiger partial charge in [0.25, 0.3) is 5.03 Å². The maximum Gasteiger partial charge on any atom is 0.256 e. The van der Waals surface area contributed by atoms with Gasteiger partial charge in [-0.15, -0.1) is 0 Å². The van der Waals surface area contributed by atoms with Crippen LogP contribution in [0.2, 0.25) is 0 Å². The molecule has 0 saturated heterocycles. The van der Waals surface area contributed by atoms with Gasteiger partial charge in [0.05, 0.1) is 12.3 Å². The zero-order chi connectivity index (χ0) is 9.35. The second kappa shape index (κ2) is 2.90. The lowest BCUT2D eigenvalue weighted by molar-refractivity contribution is -0.671. The summed E-state index contributed by atoms with van der Waals surface area (Å²) in [5.74, 6) is 0. The van der Waals surface area contributed by atoms with Crippen molar-refractivity contribution in [3.63, 3.8) is 0 Å². The van der Waals surface area contributed by atoms with Crippen LogP contribution in [0.25, 0.3) is 0 Å². The maximum absolute atomic E-state index is 11.5. The number of rotatable bonds is 2. The number of nitrogens with zero attached hydrogens (tertiary/aromatic N) is 1. The van der Waals surface area contributed by atoms with Crippen molar-refractivity contribution in [3.05, 3.63) is 12.5 Å². The van der Waals surface area contributed by atoms with E-state index in [1.54, 1.807) is 38.0 Å². The Kier molecular flexibility index (Phi) is 2.23. The Hall–Kier alpha value is -0.840. The quantitative estimate of drug-likeness (QED) is 0.667. The molecule has 1 aromatic heterocycles. The third kappa shape index (κ3) is 1.50. The van der Waals surface area contributed by atoms with Gasteiger partial charge in [-0.25, -0.2) is 18.0 Å². The molecule has 5 heteroatoms. The fraction of sp³-hybridized carbons (Fsp3) is 0.571. The van der Waals surface area contributed by atoms with E-state index in [1.807, 2.05) is 0 Å². The van der Waals surface area contributed by atoms with Gasteiger partial charge in [-0.2, -0.15) is 0 Å². The van der Waals surface area contributed by atoms with Crippen molar-refractivity contribution < 1.29 is 13.0 Å². The lowest BCUT2D eigenvalue weighted by atomic mass is 10.6. The zero-order valence-corrected chi connectivity index (χ0v) is 8.22. The minimum atomic E-state index is -3.13. The highest BCUT2D eigenvalue weighted by molar-refractivity contribution is 7.91. The van der Waals surface area contributed by atoms with Crippen LogP contribution in [-0.2, 0) is 16.9 Å². The summed E-state index contributed by atoms with van der Waals surface area (Å²) in [5.41, 5.74) is 0. The molecule has 0 aliphatic carbocycles. The van der Waals surface area contributed by atoms with E-state index in [1.165, 1.54) is 0 Å². The zero-order valence-electron chi connectivity index (χ0n) is 7.40. The summed E-state index contributed by atoms with van der Waals surface area (Å²) >= 11 is 0. The predicted molar refractivity (Wildman–Crippen MR) is 44.3 cm³/mol. The Morgan fingerprint density at radius 1 is 1.50 bits per heavy atom. The van der Waals surface area contributed by atoms with Crippen molar-refractivity contribution in [1.82, 2.24) is 4.98 Å². The average Bonchev–Trinajstić information content (AvgIpc) is 2.35. The van der Waals surface area contributed by atoms with Crippen LogP contribution < -0.4 is 4.57 Å². The van der Waals surface area contributed by atoms with Crippen molar-refractivity contribution in [3.8, 4) is 0 Å². The third-order valence-corrected chi connectivity index (χ3v) is 3.74. The molecule has 1 aromatic rings. The van der Waals surface area contributed by atoms with Crippen LogP contribution in [0.1, 0.15) is 13.8 Å². The van der Waals surface area contributed by atoms with E-state index >= 15 is 0 Å². The molecule has 0 aromatic carbocycles. The van der Waals surface area contributed by atoms with Crippen LogP contribution in [0, 0.1) is 0 Å². The van der Waals surface area contributed by atoms with Gasteiger partial charge in [-0.1, -0.05) is 0 Å². The van der Waals surface area contributed by atoms with Gasteiger partial charge in [0.1, 0.15) is 6.20 Å². The molecule has 1 rings (SSSR count). The Bertz CT molecular complexity index is 365. The highest BCUT2D eigenvalue weighted by Gasteiger charge is 2.24. The third-order valence-electron chi connectivity index (χ3n) is 1.66. The largest absolute Gasteiger partial charge is 0.256 e. The first kappa shape index (κ1) is 9.25. The summed E-state index contributed by atoms with van der Waals surface area (Å²) < 4.78 is 24.7. The van der Waals surface area contributed by atoms with E-state index in [0.29, 0.717) is 0 Å². The first-order valence-corrected chi connectivity index (χ1v) is 5.27. The molecule has 1 N–H and O–H groups in total. The summed E-state index contributed by atoms with van der Waals surface area (Å²) in [7, 11) is -1.36. The molecule has 0 saturated carbocycles. The van der Waals surface area contributed by atoms with Crippen LogP contribution in [0.5, 0.6) is 0 Å². The number of hydrogen-bond donors (Lipinski definition) is 1. The summed E-state index contributed by atoms with van der Waals surface area (Å²) in [4.78, 5) is 2.70. The van der Waals surface area contributed by atoms with Crippen molar-refractivity contribution in [2.45, 2.75) is 24.1 Å². The first-order chi connectivity index (χ1) is 5.44.